The van der Waals surface area contributed by atoms with Crippen molar-refractivity contribution in [1.82, 2.24) is 0 Å². The average molecular weight is 313 g/mol. The summed E-state index contributed by atoms with van der Waals surface area (Å²) >= 11 is 0. The standard InChI is InChI=1S/C18H36O2Si/c1-5-9-10-11-17-16(14-15-19)12-13-18(17)20-21(6-2,7-3)8-4/h9-10,16-19H,5-8,11-15H2,1-4H3/b10-9-/t16-,17+,18?/m1/s1. The minimum Gasteiger partial charge on any atom is -0.414 e. The molecule has 1 aliphatic rings. The van der Waals surface area contributed by atoms with Crippen molar-refractivity contribution < 1.29 is 9.53 Å². The predicted molar refractivity (Wildman–Crippen MR) is 94.0 cm³/mol. The van der Waals surface area contributed by atoms with Crippen LogP contribution >= 0.6 is 0 Å². The fourth-order valence-electron chi connectivity index (χ4n) is 3.87. The van der Waals surface area contributed by atoms with Crippen LogP contribution in [0.25, 0.3) is 0 Å². The maximum absolute atomic E-state index is 9.32. The topological polar surface area (TPSA) is 29.5 Å². The molecule has 1 fully saturated rings. The van der Waals surface area contributed by atoms with E-state index in [0.717, 1.165) is 19.3 Å². The van der Waals surface area contributed by atoms with Crippen molar-refractivity contribution in [1.29, 1.82) is 0 Å². The van der Waals surface area contributed by atoms with Crippen LogP contribution in [0.15, 0.2) is 12.2 Å². The van der Waals surface area contributed by atoms with E-state index in [1.807, 2.05) is 0 Å². The number of aliphatic hydroxyl groups is 1. The molecule has 1 saturated carbocycles. The molecule has 0 saturated heterocycles. The van der Waals surface area contributed by atoms with Gasteiger partial charge in [0.25, 0.3) is 0 Å². The maximum atomic E-state index is 9.32. The highest BCUT2D eigenvalue weighted by Gasteiger charge is 2.40. The van der Waals surface area contributed by atoms with Gasteiger partial charge in [-0.05, 0) is 62.1 Å². The minimum absolute atomic E-state index is 0.323. The normalized spacial score (nSPS) is 26.8. The monoisotopic (exact) mass is 312 g/mol. The van der Waals surface area contributed by atoms with Crippen LogP contribution in [0.4, 0.5) is 0 Å². The molecule has 1 rings (SSSR count). The Balaban J connectivity index is 2.75. The summed E-state index contributed by atoms with van der Waals surface area (Å²) in [4.78, 5) is 0. The Hall–Kier alpha value is -0.123. The lowest BCUT2D eigenvalue weighted by atomic mass is 9.89. The smallest absolute Gasteiger partial charge is 0.192 e. The van der Waals surface area contributed by atoms with Gasteiger partial charge in [-0.1, -0.05) is 39.8 Å². The molecule has 2 nitrogen and oxygen atoms in total. The molecule has 1 N–H and O–H groups in total. The summed E-state index contributed by atoms with van der Waals surface area (Å²) in [6, 6.07) is 3.70. The molecule has 0 aromatic heterocycles. The van der Waals surface area contributed by atoms with E-state index in [9.17, 15) is 5.11 Å². The van der Waals surface area contributed by atoms with Crippen molar-refractivity contribution in [2.24, 2.45) is 11.8 Å². The first-order valence-corrected chi connectivity index (χ1v) is 11.6. The summed E-state index contributed by atoms with van der Waals surface area (Å²) < 4.78 is 6.79. The molecular weight excluding hydrogens is 276 g/mol. The van der Waals surface area contributed by atoms with Crippen LogP contribution in [0.5, 0.6) is 0 Å². The first-order chi connectivity index (χ1) is 10.2. The van der Waals surface area contributed by atoms with Crippen molar-refractivity contribution >= 4 is 8.32 Å². The molecule has 0 radical (unpaired) electrons. The third-order valence-corrected chi connectivity index (χ3v) is 10.2. The molecule has 0 aromatic rings. The summed E-state index contributed by atoms with van der Waals surface area (Å²) in [7, 11) is -1.51. The molecule has 1 unspecified atom stereocenters. The lowest BCUT2D eigenvalue weighted by Crippen LogP contribution is -2.41. The molecule has 3 heteroatoms. The first kappa shape index (κ1) is 18.9. The van der Waals surface area contributed by atoms with Crippen LogP contribution in [0, 0.1) is 11.8 Å². The Morgan fingerprint density at radius 2 is 1.71 bits per heavy atom. The van der Waals surface area contributed by atoms with E-state index in [1.165, 1.54) is 31.0 Å². The lowest BCUT2D eigenvalue weighted by Gasteiger charge is -2.35. The van der Waals surface area contributed by atoms with Gasteiger partial charge in [0.15, 0.2) is 8.32 Å². The Morgan fingerprint density at radius 3 is 2.24 bits per heavy atom. The van der Waals surface area contributed by atoms with Crippen LogP contribution in [0.1, 0.15) is 59.8 Å². The van der Waals surface area contributed by atoms with Gasteiger partial charge in [0.2, 0.25) is 0 Å². The Morgan fingerprint density at radius 1 is 1.05 bits per heavy atom. The van der Waals surface area contributed by atoms with Crippen LogP contribution in [0.3, 0.4) is 0 Å². The number of allylic oxidation sites excluding steroid dienone is 2. The Labute approximate surface area is 133 Å². The summed E-state index contributed by atoms with van der Waals surface area (Å²) in [6.07, 6.45) is 10.7. The second-order valence-electron chi connectivity index (χ2n) is 6.53. The molecule has 21 heavy (non-hydrogen) atoms. The van der Waals surface area contributed by atoms with Crippen molar-refractivity contribution in [3.05, 3.63) is 12.2 Å². The van der Waals surface area contributed by atoms with Crippen LogP contribution < -0.4 is 0 Å². The SMILES string of the molecule is CC/C=C\C[C@@H]1C(O[Si](CC)(CC)CC)CC[C@@H]1CCO. The quantitative estimate of drug-likeness (QED) is 0.447. The zero-order chi connectivity index (χ0) is 15.7. The number of aliphatic hydroxyl groups excluding tert-OH is 1. The second kappa shape index (κ2) is 9.81. The maximum Gasteiger partial charge on any atom is 0.192 e. The molecular formula is C18H36O2Si. The van der Waals surface area contributed by atoms with Crippen molar-refractivity contribution in [3.8, 4) is 0 Å². The van der Waals surface area contributed by atoms with Gasteiger partial charge < -0.3 is 9.53 Å². The number of hydrogen-bond donors (Lipinski definition) is 1. The molecule has 3 atom stereocenters. The molecule has 0 amide bonds. The molecule has 0 bridgehead atoms. The third kappa shape index (κ3) is 5.22. The number of hydrogen-bond acceptors (Lipinski definition) is 2. The second-order valence-corrected chi connectivity index (χ2v) is 11.3. The van der Waals surface area contributed by atoms with E-state index in [-0.39, 0.29) is 0 Å². The van der Waals surface area contributed by atoms with Gasteiger partial charge >= 0.3 is 0 Å². The van der Waals surface area contributed by atoms with Crippen LogP contribution in [-0.4, -0.2) is 26.1 Å². The van der Waals surface area contributed by atoms with E-state index in [4.69, 9.17) is 4.43 Å². The van der Waals surface area contributed by atoms with E-state index in [1.54, 1.807) is 0 Å². The molecule has 0 heterocycles. The highest BCUT2D eigenvalue weighted by atomic mass is 28.4. The van der Waals surface area contributed by atoms with Gasteiger partial charge in [-0.3, -0.25) is 0 Å². The largest absolute Gasteiger partial charge is 0.414 e. The summed E-state index contributed by atoms with van der Waals surface area (Å²) in [5.41, 5.74) is 0. The van der Waals surface area contributed by atoms with Gasteiger partial charge in [0.1, 0.15) is 0 Å². The molecule has 0 spiro atoms. The number of rotatable bonds is 10. The highest BCUT2D eigenvalue weighted by molar-refractivity contribution is 6.73. The molecule has 0 aromatic carbocycles. The van der Waals surface area contributed by atoms with E-state index >= 15 is 0 Å². The fourth-order valence-corrected chi connectivity index (χ4v) is 6.80. The van der Waals surface area contributed by atoms with Gasteiger partial charge in [-0.15, -0.1) is 0 Å². The summed E-state index contributed by atoms with van der Waals surface area (Å²) in [6.45, 7) is 9.44. The Bertz CT molecular complexity index is 291. The van der Waals surface area contributed by atoms with Crippen molar-refractivity contribution in [2.45, 2.75) is 84.0 Å². The summed E-state index contributed by atoms with van der Waals surface area (Å²) in [5.74, 6) is 1.27. The van der Waals surface area contributed by atoms with E-state index < -0.39 is 8.32 Å². The third-order valence-electron chi connectivity index (χ3n) is 5.55. The van der Waals surface area contributed by atoms with Gasteiger partial charge in [0, 0.05) is 12.7 Å². The fraction of sp³-hybridized carbons (Fsp3) is 0.889. The van der Waals surface area contributed by atoms with Crippen molar-refractivity contribution in [2.75, 3.05) is 6.61 Å². The highest BCUT2D eigenvalue weighted by Crippen LogP contribution is 2.41. The zero-order valence-electron chi connectivity index (χ0n) is 14.6. The molecule has 1 aliphatic carbocycles. The predicted octanol–water partition coefficient (Wildman–Crippen LogP) is 5.14. The summed E-state index contributed by atoms with van der Waals surface area (Å²) in [5, 5.41) is 9.32. The lowest BCUT2D eigenvalue weighted by molar-refractivity contribution is 0.122. The van der Waals surface area contributed by atoms with Gasteiger partial charge in [0.05, 0.1) is 0 Å². The van der Waals surface area contributed by atoms with Crippen molar-refractivity contribution in [3.63, 3.8) is 0 Å². The average Bonchev–Trinajstić information content (AvgIpc) is 2.88. The van der Waals surface area contributed by atoms with E-state index in [0.29, 0.717) is 24.5 Å². The first-order valence-electron chi connectivity index (χ1n) is 9.09. The minimum atomic E-state index is -1.51. The molecule has 0 aliphatic heterocycles. The zero-order valence-corrected chi connectivity index (χ0v) is 15.6. The van der Waals surface area contributed by atoms with Crippen LogP contribution in [-0.2, 0) is 4.43 Å². The van der Waals surface area contributed by atoms with Crippen LogP contribution in [0.2, 0.25) is 18.1 Å². The van der Waals surface area contributed by atoms with Gasteiger partial charge in [-0.25, -0.2) is 0 Å². The molecule has 124 valence electrons. The van der Waals surface area contributed by atoms with E-state index in [2.05, 4.69) is 39.8 Å². The van der Waals surface area contributed by atoms with Gasteiger partial charge in [-0.2, -0.15) is 0 Å². The Kier molecular flexibility index (Phi) is 8.84.